The van der Waals surface area contributed by atoms with Crippen molar-refractivity contribution in [3.05, 3.63) is 70.9 Å². The van der Waals surface area contributed by atoms with Crippen LogP contribution < -0.4 is 9.47 Å². The summed E-state index contributed by atoms with van der Waals surface area (Å²) in [6.45, 7) is 12.1. The van der Waals surface area contributed by atoms with Crippen LogP contribution in [0.25, 0.3) is 10.9 Å². The number of H-pyrrole nitrogens is 1. The molecule has 2 bridgehead atoms. The van der Waals surface area contributed by atoms with E-state index in [4.69, 9.17) is 14.2 Å². The number of likely N-dealkylation sites (tertiary alicyclic amines) is 1. The topological polar surface area (TPSA) is 50.0 Å². The first kappa shape index (κ1) is 27.8. The molecular weight excluding hydrogens is 486 g/mol. The van der Waals surface area contributed by atoms with E-state index < -0.39 is 6.29 Å². The second-order valence-corrected chi connectivity index (χ2v) is 11.8. The zero-order chi connectivity index (χ0) is 27.5. The van der Waals surface area contributed by atoms with Gasteiger partial charge in [0.1, 0.15) is 11.5 Å². The largest absolute Gasteiger partial charge is 0.467 e. The third-order valence-electron chi connectivity index (χ3n) is 8.52. The SMILES string of the molecule is CC(C)=CCN1CC[C@H]2c3cc(OCOC(C)Oc4cccc5[nH]cc(CCN(C)C)c45)ccc3C[C@@H]1[C@@H]2C. The highest BCUT2D eigenvalue weighted by Crippen LogP contribution is 2.45. The molecule has 1 N–H and O–H groups in total. The van der Waals surface area contributed by atoms with Gasteiger partial charge in [-0.15, -0.1) is 0 Å². The van der Waals surface area contributed by atoms with Gasteiger partial charge in [-0.1, -0.05) is 30.7 Å². The van der Waals surface area contributed by atoms with E-state index >= 15 is 0 Å². The first-order valence-corrected chi connectivity index (χ1v) is 14.4. The maximum atomic E-state index is 6.23. The first-order chi connectivity index (χ1) is 18.8. The van der Waals surface area contributed by atoms with Crippen LogP contribution in [0.4, 0.5) is 0 Å². The number of piperidine rings is 1. The van der Waals surface area contributed by atoms with Gasteiger partial charge in [-0.2, -0.15) is 0 Å². The standard InChI is InChI=1S/C33H45N3O3/c1-22(2)12-16-36-17-14-28-23(3)31(36)18-25-10-11-27(19-29(25)28)38-21-37-24(4)39-32-9-7-8-30-33(32)26(20-34-30)13-15-35(5)6/h7-12,19-20,23-24,28,31,34H,13-18,21H2,1-6H3/t23-,24?,28-,31-/m1/s1. The van der Waals surface area contributed by atoms with E-state index in [9.17, 15) is 0 Å². The minimum Gasteiger partial charge on any atom is -0.467 e. The molecule has 6 heteroatoms. The predicted octanol–water partition coefficient (Wildman–Crippen LogP) is 6.37. The van der Waals surface area contributed by atoms with Gasteiger partial charge in [0.25, 0.3) is 0 Å². The van der Waals surface area contributed by atoms with E-state index in [1.54, 1.807) is 0 Å². The van der Waals surface area contributed by atoms with Gasteiger partial charge in [0.15, 0.2) is 6.79 Å². The van der Waals surface area contributed by atoms with Crippen molar-refractivity contribution in [1.29, 1.82) is 0 Å². The Labute approximate surface area is 233 Å². The number of allylic oxidation sites excluding steroid dienone is 1. The fourth-order valence-corrected chi connectivity index (χ4v) is 6.30. The quantitative estimate of drug-likeness (QED) is 0.230. The van der Waals surface area contributed by atoms with Crippen molar-refractivity contribution in [3.8, 4) is 11.5 Å². The van der Waals surface area contributed by atoms with Crippen LogP contribution in [-0.2, 0) is 17.6 Å². The van der Waals surface area contributed by atoms with Crippen LogP contribution in [0.3, 0.4) is 0 Å². The van der Waals surface area contributed by atoms with Gasteiger partial charge in [-0.3, -0.25) is 4.90 Å². The van der Waals surface area contributed by atoms with E-state index in [0.717, 1.165) is 54.9 Å². The zero-order valence-corrected chi connectivity index (χ0v) is 24.5. The van der Waals surface area contributed by atoms with Gasteiger partial charge < -0.3 is 24.1 Å². The molecule has 6 nitrogen and oxygen atoms in total. The molecule has 2 aromatic carbocycles. The average molecular weight is 532 g/mol. The third-order valence-corrected chi connectivity index (χ3v) is 8.52. The smallest absolute Gasteiger partial charge is 0.200 e. The molecule has 1 aliphatic carbocycles. The summed E-state index contributed by atoms with van der Waals surface area (Å²) in [4.78, 5) is 8.25. The normalized spacial score (nSPS) is 21.6. The Bertz CT molecular complexity index is 1290. The van der Waals surface area contributed by atoms with Crippen molar-refractivity contribution in [2.75, 3.05) is 40.5 Å². The number of rotatable bonds is 11. The molecule has 3 aromatic rings. The highest BCUT2D eigenvalue weighted by atomic mass is 16.7. The molecule has 1 saturated heterocycles. The average Bonchev–Trinajstić information content (AvgIpc) is 3.31. The molecule has 39 heavy (non-hydrogen) atoms. The molecule has 0 amide bonds. The summed E-state index contributed by atoms with van der Waals surface area (Å²) < 4.78 is 18.2. The number of hydrogen-bond donors (Lipinski definition) is 1. The molecular formula is C33H45N3O3. The van der Waals surface area contributed by atoms with Crippen molar-refractivity contribution in [2.24, 2.45) is 5.92 Å². The molecule has 1 aromatic heterocycles. The summed E-state index contributed by atoms with van der Waals surface area (Å²) in [5.41, 5.74) is 6.67. The number of aromatic nitrogens is 1. The molecule has 5 rings (SSSR count). The van der Waals surface area contributed by atoms with E-state index in [1.165, 1.54) is 28.7 Å². The van der Waals surface area contributed by atoms with Gasteiger partial charge in [-0.05, 0) is 113 Å². The van der Waals surface area contributed by atoms with Crippen LogP contribution >= 0.6 is 0 Å². The Hall–Kier alpha value is -2.80. The minimum atomic E-state index is -0.434. The maximum Gasteiger partial charge on any atom is 0.200 e. The summed E-state index contributed by atoms with van der Waals surface area (Å²) in [6.07, 6.45) is 7.29. The van der Waals surface area contributed by atoms with E-state index in [0.29, 0.717) is 17.9 Å². The second kappa shape index (κ2) is 12.2. The number of benzene rings is 2. The van der Waals surface area contributed by atoms with E-state index in [2.05, 4.69) is 86.2 Å². The minimum absolute atomic E-state index is 0.149. The van der Waals surface area contributed by atoms with Gasteiger partial charge in [-0.25, -0.2) is 0 Å². The van der Waals surface area contributed by atoms with Crippen LogP contribution in [0.1, 0.15) is 56.7 Å². The molecule has 2 heterocycles. The van der Waals surface area contributed by atoms with E-state index in [-0.39, 0.29) is 6.79 Å². The monoisotopic (exact) mass is 531 g/mol. The van der Waals surface area contributed by atoms with Crippen LogP contribution in [-0.4, -0.2) is 67.6 Å². The number of aromatic amines is 1. The zero-order valence-electron chi connectivity index (χ0n) is 24.5. The molecule has 0 radical (unpaired) electrons. The van der Waals surface area contributed by atoms with Crippen LogP contribution in [0.5, 0.6) is 11.5 Å². The lowest BCUT2D eigenvalue weighted by Crippen LogP contribution is -2.51. The molecule has 0 spiro atoms. The van der Waals surface area contributed by atoms with Crippen LogP contribution in [0.2, 0.25) is 0 Å². The molecule has 0 saturated carbocycles. The Balaban J connectivity index is 1.19. The lowest BCUT2D eigenvalue weighted by atomic mass is 9.68. The predicted molar refractivity (Wildman–Crippen MR) is 159 cm³/mol. The molecule has 4 atom stereocenters. The lowest BCUT2D eigenvalue weighted by molar-refractivity contribution is -0.116. The highest BCUT2D eigenvalue weighted by molar-refractivity contribution is 5.89. The van der Waals surface area contributed by atoms with Gasteiger partial charge >= 0.3 is 0 Å². The van der Waals surface area contributed by atoms with Crippen molar-refractivity contribution < 1.29 is 14.2 Å². The number of hydrogen-bond acceptors (Lipinski definition) is 5. The highest BCUT2D eigenvalue weighted by Gasteiger charge is 2.40. The lowest BCUT2D eigenvalue weighted by Gasteiger charge is -2.48. The molecule has 1 fully saturated rings. The molecule has 2 aliphatic rings. The van der Waals surface area contributed by atoms with Crippen molar-refractivity contribution in [1.82, 2.24) is 14.8 Å². The Morgan fingerprint density at radius 1 is 1.21 bits per heavy atom. The fourth-order valence-electron chi connectivity index (χ4n) is 6.30. The number of fused-ring (bicyclic) bond motifs is 5. The van der Waals surface area contributed by atoms with Crippen LogP contribution in [0, 0.1) is 5.92 Å². The van der Waals surface area contributed by atoms with Gasteiger partial charge in [0, 0.05) is 36.2 Å². The Kier molecular flexibility index (Phi) is 8.65. The van der Waals surface area contributed by atoms with Gasteiger partial charge in [0.2, 0.25) is 6.29 Å². The summed E-state index contributed by atoms with van der Waals surface area (Å²) in [5, 5.41) is 1.13. The number of ether oxygens (including phenoxy) is 3. The number of nitrogens with zero attached hydrogens (tertiary/aromatic N) is 2. The Morgan fingerprint density at radius 3 is 2.85 bits per heavy atom. The van der Waals surface area contributed by atoms with Crippen LogP contribution in [0.15, 0.2) is 54.2 Å². The van der Waals surface area contributed by atoms with Gasteiger partial charge in [0.05, 0.1) is 0 Å². The summed E-state index contributed by atoms with van der Waals surface area (Å²) in [5.74, 6) is 2.95. The number of nitrogens with one attached hydrogen (secondary N) is 1. The summed E-state index contributed by atoms with van der Waals surface area (Å²) in [7, 11) is 4.19. The van der Waals surface area contributed by atoms with Crippen molar-refractivity contribution in [2.45, 2.75) is 65.2 Å². The number of likely N-dealkylation sites (N-methyl/N-ethyl adjacent to an activating group) is 1. The summed E-state index contributed by atoms with van der Waals surface area (Å²) in [6, 6.07) is 13.3. The molecule has 1 unspecified atom stereocenters. The third kappa shape index (κ3) is 6.34. The first-order valence-electron chi connectivity index (χ1n) is 14.4. The van der Waals surface area contributed by atoms with E-state index in [1.807, 2.05) is 19.1 Å². The second-order valence-electron chi connectivity index (χ2n) is 11.8. The summed E-state index contributed by atoms with van der Waals surface area (Å²) >= 11 is 0. The Morgan fingerprint density at radius 2 is 2.05 bits per heavy atom. The molecule has 210 valence electrons. The van der Waals surface area contributed by atoms with Crippen molar-refractivity contribution in [3.63, 3.8) is 0 Å². The fraction of sp³-hybridized carbons (Fsp3) is 0.515. The molecule has 1 aliphatic heterocycles. The van der Waals surface area contributed by atoms with Crippen molar-refractivity contribution >= 4 is 10.9 Å². The maximum absolute atomic E-state index is 6.23.